The first kappa shape index (κ1) is 18.9. The van der Waals surface area contributed by atoms with Crippen LogP contribution in [0.25, 0.3) is 11.0 Å². The molecule has 1 heterocycles. The predicted octanol–water partition coefficient (Wildman–Crippen LogP) is 1.29. The van der Waals surface area contributed by atoms with Crippen molar-refractivity contribution in [2.45, 2.75) is 19.9 Å². The van der Waals surface area contributed by atoms with Gasteiger partial charge in [0.05, 0.1) is 11.0 Å². The van der Waals surface area contributed by atoms with Gasteiger partial charge in [-0.05, 0) is 44.2 Å². The van der Waals surface area contributed by atoms with Crippen molar-refractivity contribution in [3.8, 4) is 0 Å². The largest absolute Gasteiger partial charge is 0.399 e. The van der Waals surface area contributed by atoms with E-state index >= 15 is 0 Å². The summed E-state index contributed by atoms with van der Waals surface area (Å²) in [5.41, 5.74) is 14.2. The van der Waals surface area contributed by atoms with Crippen LogP contribution >= 0.6 is 0 Å². The number of Topliss-reactive ketones (excluding diaryl/α,β-unsaturated/α-hetero) is 1. The Balaban J connectivity index is 0.000000254. The van der Waals surface area contributed by atoms with Gasteiger partial charge < -0.3 is 26.8 Å². The van der Waals surface area contributed by atoms with Gasteiger partial charge >= 0.3 is 5.69 Å². The fourth-order valence-corrected chi connectivity index (χ4v) is 2.08. The van der Waals surface area contributed by atoms with Crippen molar-refractivity contribution in [3.63, 3.8) is 0 Å². The number of nitrogens with one attached hydrogen (secondary N) is 3. The maximum Gasteiger partial charge on any atom is 0.323 e. The van der Waals surface area contributed by atoms with Crippen LogP contribution in [0.15, 0.2) is 47.3 Å². The van der Waals surface area contributed by atoms with Crippen molar-refractivity contribution in [3.05, 3.63) is 58.5 Å². The van der Waals surface area contributed by atoms with Gasteiger partial charge in [-0.2, -0.15) is 0 Å². The number of rotatable bonds is 3. The molecule has 8 heteroatoms. The van der Waals surface area contributed by atoms with Crippen molar-refractivity contribution >= 4 is 34.1 Å². The van der Waals surface area contributed by atoms with Crippen LogP contribution in [-0.2, 0) is 9.59 Å². The lowest BCUT2D eigenvalue weighted by Gasteiger charge is -2.09. The highest BCUT2D eigenvalue weighted by molar-refractivity contribution is 6.10. The first-order valence-corrected chi connectivity index (χ1v) is 7.87. The summed E-state index contributed by atoms with van der Waals surface area (Å²) in [6.45, 7) is 3.29. The second kappa shape index (κ2) is 8.13. The highest BCUT2D eigenvalue weighted by Crippen LogP contribution is 2.14. The smallest absolute Gasteiger partial charge is 0.323 e. The summed E-state index contributed by atoms with van der Waals surface area (Å²) in [4.78, 5) is 38.7. The maximum atomic E-state index is 11.6. The molecule has 2 aromatic carbocycles. The van der Waals surface area contributed by atoms with Crippen molar-refractivity contribution < 1.29 is 9.59 Å². The second-order valence-corrected chi connectivity index (χ2v) is 5.83. The van der Waals surface area contributed by atoms with Crippen LogP contribution in [0.4, 0.5) is 11.4 Å². The Hall–Kier alpha value is -3.39. The zero-order chi connectivity index (χ0) is 19.3. The average molecular weight is 355 g/mol. The number of aryl methyl sites for hydroxylation is 1. The first-order valence-electron chi connectivity index (χ1n) is 7.87. The number of benzene rings is 2. The highest BCUT2D eigenvalue weighted by atomic mass is 16.2. The average Bonchev–Trinajstić information content (AvgIpc) is 2.96. The van der Waals surface area contributed by atoms with Crippen LogP contribution in [-0.4, -0.2) is 27.7 Å². The summed E-state index contributed by atoms with van der Waals surface area (Å²) in [5.74, 6) is -0.997. The topological polar surface area (TPSA) is 147 Å². The number of nitrogens with two attached hydrogens (primary N) is 2. The molecule has 0 aliphatic rings. The molecule has 8 nitrogen and oxygen atoms in total. The van der Waals surface area contributed by atoms with Gasteiger partial charge in [-0.3, -0.25) is 9.59 Å². The molecule has 7 N–H and O–H groups in total. The van der Waals surface area contributed by atoms with E-state index in [1.165, 1.54) is 12.5 Å². The van der Waals surface area contributed by atoms with Gasteiger partial charge in [-0.15, -0.1) is 0 Å². The minimum Gasteiger partial charge on any atom is -0.399 e. The first-order chi connectivity index (χ1) is 12.3. The number of H-pyrrole nitrogens is 2. The fraction of sp³-hybridized carbons (Fsp3) is 0.167. The zero-order valence-corrected chi connectivity index (χ0v) is 14.5. The number of hydrogen-bond acceptors (Lipinski definition) is 5. The molecule has 0 spiro atoms. The summed E-state index contributed by atoms with van der Waals surface area (Å²) in [6.07, 6.45) is 0. The third kappa shape index (κ3) is 5.05. The normalized spacial score (nSPS) is 11.3. The van der Waals surface area contributed by atoms with Crippen LogP contribution in [0.5, 0.6) is 0 Å². The number of carbonyl (C=O) groups is 2. The van der Waals surface area contributed by atoms with E-state index in [9.17, 15) is 14.4 Å². The Kier molecular flexibility index (Phi) is 5.92. The lowest BCUT2D eigenvalue weighted by molar-refractivity contribution is -0.126. The molecule has 1 atom stereocenters. The number of nitrogen functional groups attached to an aromatic ring is 1. The van der Waals surface area contributed by atoms with Gasteiger partial charge in [0.15, 0.2) is 5.78 Å². The summed E-state index contributed by atoms with van der Waals surface area (Å²) < 4.78 is 0. The van der Waals surface area contributed by atoms with Crippen LogP contribution in [0.3, 0.4) is 0 Å². The SMILES string of the molecule is CC(=O)C(N)C(=O)Nc1ccc2[nH]c(=O)[nH]c2c1.Cc1ccc(N)cc1. The molecule has 0 bridgehead atoms. The number of hydrogen-bond donors (Lipinski definition) is 5. The van der Waals surface area contributed by atoms with E-state index in [2.05, 4.69) is 15.3 Å². The number of imidazole rings is 1. The Morgan fingerprint density at radius 1 is 1.04 bits per heavy atom. The Labute approximate surface area is 149 Å². The molecule has 26 heavy (non-hydrogen) atoms. The lowest BCUT2D eigenvalue weighted by atomic mass is 10.2. The van der Waals surface area contributed by atoms with Gasteiger partial charge in [0.1, 0.15) is 6.04 Å². The van der Waals surface area contributed by atoms with E-state index in [-0.39, 0.29) is 5.69 Å². The van der Waals surface area contributed by atoms with Crippen molar-refractivity contribution in [1.82, 2.24) is 9.97 Å². The number of anilines is 2. The number of carbonyl (C=O) groups excluding carboxylic acids is 2. The molecule has 1 aromatic heterocycles. The summed E-state index contributed by atoms with van der Waals surface area (Å²) in [5, 5.41) is 2.50. The molecule has 0 saturated carbocycles. The molecular formula is C18H21N5O3. The molecule has 1 amide bonds. The third-order valence-electron chi connectivity index (χ3n) is 3.58. The highest BCUT2D eigenvalue weighted by Gasteiger charge is 2.18. The Morgan fingerprint density at radius 2 is 1.65 bits per heavy atom. The van der Waals surface area contributed by atoms with Crippen molar-refractivity contribution in [1.29, 1.82) is 0 Å². The molecule has 0 saturated heterocycles. The number of ketones is 1. The van der Waals surface area contributed by atoms with Gasteiger partial charge in [0.25, 0.3) is 0 Å². The zero-order valence-electron chi connectivity index (χ0n) is 14.5. The molecule has 1 unspecified atom stereocenters. The Morgan fingerprint density at radius 3 is 2.23 bits per heavy atom. The molecule has 0 aliphatic carbocycles. The van der Waals surface area contributed by atoms with E-state index in [1.54, 1.807) is 18.2 Å². The van der Waals surface area contributed by atoms with Crippen molar-refractivity contribution in [2.75, 3.05) is 11.1 Å². The lowest BCUT2D eigenvalue weighted by Crippen LogP contribution is -2.41. The minimum atomic E-state index is -1.19. The fourth-order valence-electron chi connectivity index (χ4n) is 2.08. The maximum absolute atomic E-state index is 11.6. The van der Waals surface area contributed by atoms with E-state index < -0.39 is 17.7 Å². The van der Waals surface area contributed by atoms with Gasteiger partial charge in [0, 0.05) is 11.4 Å². The number of aromatic nitrogens is 2. The standard InChI is InChI=1S/C11H12N4O3.C7H9N/c1-5(16)9(12)10(17)13-6-2-3-7-8(4-6)15-11(18)14-7;1-6-2-4-7(8)5-3-6/h2-4,9H,12H2,1H3,(H,13,17)(H2,14,15,18);2-5H,8H2,1H3. The molecule has 0 radical (unpaired) electrons. The number of amides is 1. The summed E-state index contributed by atoms with van der Waals surface area (Å²) in [7, 11) is 0. The van der Waals surface area contributed by atoms with Gasteiger partial charge in [0.2, 0.25) is 5.91 Å². The molecule has 3 rings (SSSR count). The monoisotopic (exact) mass is 355 g/mol. The van der Waals surface area contributed by atoms with E-state index in [0.717, 1.165) is 5.69 Å². The number of fused-ring (bicyclic) bond motifs is 1. The molecule has 3 aromatic rings. The van der Waals surface area contributed by atoms with Crippen LogP contribution in [0.1, 0.15) is 12.5 Å². The second-order valence-electron chi connectivity index (χ2n) is 5.83. The third-order valence-corrected chi connectivity index (χ3v) is 3.58. The summed E-state index contributed by atoms with van der Waals surface area (Å²) >= 11 is 0. The Bertz CT molecular complexity index is 951. The number of aromatic amines is 2. The van der Waals surface area contributed by atoms with Crippen LogP contribution in [0, 0.1) is 6.92 Å². The van der Waals surface area contributed by atoms with Crippen LogP contribution in [0.2, 0.25) is 0 Å². The van der Waals surface area contributed by atoms with Crippen molar-refractivity contribution in [2.24, 2.45) is 5.73 Å². The van der Waals surface area contributed by atoms with E-state index in [1.807, 2.05) is 31.2 Å². The van der Waals surface area contributed by atoms with Crippen LogP contribution < -0.4 is 22.5 Å². The summed E-state index contributed by atoms with van der Waals surface area (Å²) in [6, 6.07) is 11.4. The predicted molar refractivity (Wildman–Crippen MR) is 102 cm³/mol. The quantitative estimate of drug-likeness (QED) is 0.355. The molecular weight excluding hydrogens is 334 g/mol. The van der Waals surface area contributed by atoms with Gasteiger partial charge in [-0.25, -0.2) is 4.79 Å². The minimum absolute atomic E-state index is 0.325. The van der Waals surface area contributed by atoms with E-state index in [0.29, 0.717) is 16.7 Å². The molecule has 0 aliphatic heterocycles. The molecule has 136 valence electrons. The van der Waals surface area contributed by atoms with E-state index in [4.69, 9.17) is 11.5 Å². The molecule has 0 fully saturated rings. The van der Waals surface area contributed by atoms with Gasteiger partial charge in [-0.1, -0.05) is 17.7 Å².